The highest BCUT2D eigenvalue weighted by Crippen LogP contribution is 2.31. The molecule has 1 amide bonds. The Morgan fingerprint density at radius 3 is 3.00 bits per heavy atom. The number of hydrogen-bond donors (Lipinski definition) is 1. The van der Waals surface area contributed by atoms with Crippen molar-refractivity contribution >= 4 is 29.1 Å². The third kappa shape index (κ3) is 2.93. The topological polar surface area (TPSA) is 49.0 Å². The van der Waals surface area contributed by atoms with E-state index in [9.17, 15) is 4.79 Å². The van der Waals surface area contributed by atoms with E-state index >= 15 is 0 Å². The van der Waals surface area contributed by atoms with E-state index in [4.69, 9.17) is 23.2 Å². The van der Waals surface area contributed by atoms with Gasteiger partial charge in [0.2, 0.25) is 5.91 Å². The average molecular weight is 364 g/mol. The number of nitrogens with zero attached hydrogens (tertiary/aromatic N) is 2. The highest BCUT2D eigenvalue weighted by Gasteiger charge is 2.37. The molecule has 0 bridgehead atoms. The lowest BCUT2D eigenvalue weighted by atomic mass is 9.92. The van der Waals surface area contributed by atoms with E-state index in [1.165, 1.54) is 5.56 Å². The molecule has 2 unspecified atom stereocenters. The van der Waals surface area contributed by atoms with Gasteiger partial charge in [-0.05, 0) is 55.4 Å². The van der Waals surface area contributed by atoms with E-state index in [2.05, 4.69) is 15.1 Å². The Balaban J connectivity index is 1.45. The Kier molecular flexibility index (Phi) is 4.27. The monoisotopic (exact) mass is 363 g/mol. The zero-order valence-electron chi connectivity index (χ0n) is 13.3. The van der Waals surface area contributed by atoms with Gasteiger partial charge in [-0.15, -0.1) is 0 Å². The summed E-state index contributed by atoms with van der Waals surface area (Å²) in [5.41, 5.74) is 3.41. The molecule has 6 heteroatoms. The van der Waals surface area contributed by atoms with Crippen molar-refractivity contribution in [1.82, 2.24) is 15.1 Å². The number of likely N-dealkylation sites (tertiary alicyclic amines) is 1. The van der Waals surface area contributed by atoms with Crippen molar-refractivity contribution < 1.29 is 4.79 Å². The molecule has 1 fully saturated rings. The fourth-order valence-corrected chi connectivity index (χ4v) is 4.42. The largest absolute Gasteiger partial charge is 0.339 e. The first kappa shape index (κ1) is 16.0. The lowest BCUT2D eigenvalue weighted by molar-refractivity contribution is -0.133. The van der Waals surface area contributed by atoms with Crippen LogP contribution in [0.2, 0.25) is 10.0 Å². The van der Waals surface area contributed by atoms with Gasteiger partial charge in [-0.2, -0.15) is 5.10 Å². The molecule has 0 spiro atoms. The number of nitrogens with one attached hydrogen (secondary N) is 1. The number of benzene rings is 1. The first-order valence-electron chi connectivity index (χ1n) is 8.38. The summed E-state index contributed by atoms with van der Waals surface area (Å²) >= 11 is 12.2. The van der Waals surface area contributed by atoms with Crippen molar-refractivity contribution in [2.75, 3.05) is 6.54 Å². The smallest absolute Gasteiger partial charge is 0.226 e. The van der Waals surface area contributed by atoms with Crippen LogP contribution in [-0.4, -0.2) is 33.6 Å². The minimum absolute atomic E-state index is 0.0226. The second-order valence-corrected chi connectivity index (χ2v) is 7.55. The van der Waals surface area contributed by atoms with E-state index in [-0.39, 0.29) is 11.8 Å². The van der Waals surface area contributed by atoms with Crippen molar-refractivity contribution in [3.63, 3.8) is 0 Å². The quantitative estimate of drug-likeness (QED) is 0.904. The van der Waals surface area contributed by atoms with Crippen LogP contribution >= 0.6 is 23.2 Å². The van der Waals surface area contributed by atoms with Crippen molar-refractivity contribution in [1.29, 1.82) is 0 Å². The molecule has 4 nitrogen and oxygen atoms in total. The van der Waals surface area contributed by atoms with Crippen molar-refractivity contribution in [3.05, 3.63) is 51.3 Å². The molecule has 1 N–H and O–H groups in total. The number of aromatic nitrogens is 2. The van der Waals surface area contributed by atoms with Crippen LogP contribution in [0.15, 0.2) is 24.4 Å². The second-order valence-electron chi connectivity index (χ2n) is 6.71. The number of halogens is 2. The van der Waals surface area contributed by atoms with E-state index in [0.29, 0.717) is 22.5 Å². The van der Waals surface area contributed by atoms with Gasteiger partial charge in [0.1, 0.15) is 0 Å². The molecule has 0 saturated carbocycles. The van der Waals surface area contributed by atoms with Gasteiger partial charge < -0.3 is 4.90 Å². The molecule has 126 valence electrons. The molecule has 1 aliphatic heterocycles. The molecule has 1 saturated heterocycles. The Bertz CT molecular complexity index is 773. The van der Waals surface area contributed by atoms with Crippen molar-refractivity contribution in [3.8, 4) is 0 Å². The van der Waals surface area contributed by atoms with E-state index in [1.54, 1.807) is 6.07 Å². The molecule has 4 rings (SSSR count). The van der Waals surface area contributed by atoms with Gasteiger partial charge in [0, 0.05) is 34.7 Å². The molecule has 2 heterocycles. The molecule has 24 heavy (non-hydrogen) atoms. The normalized spacial score (nSPS) is 23.6. The third-order valence-electron chi connectivity index (χ3n) is 5.25. The fraction of sp³-hybridized carbons (Fsp3) is 0.444. The van der Waals surface area contributed by atoms with E-state index in [1.807, 2.05) is 18.3 Å². The number of fused-ring (bicyclic) bond motifs is 1. The summed E-state index contributed by atoms with van der Waals surface area (Å²) in [5.74, 6) is 0.285. The van der Waals surface area contributed by atoms with Gasteiger partial charge >= 0.3 is 0 Å². The van der Waals surface area contributed by atoms with Crippen LogP contribution < -0.4 is 0 Å². The number of amides is 1. The average Bonchev–Trinajstić information content (AvgIpc) is 3.16. The summed E-state index contributed by atoms with van der Waals surface area (Å²) in [6.07, 6.45) is 6.40. The zero-order chi connectivity index (χ0) is 16.7. The molecule has 1 aromatic heterocycles. The summed E-state index contributed by atoms with van der Waals surface area (Å²) in [6.45, 7) is 0.840. The fourth-order valence-electron chi connectivity index (χ4n) is 3.93. The number of H-pyrrole nitrogens is 1. The summed E-state index contributed by atoms with van der Waals surface area (Å²) in [4.78, 5) is 14.9. The number of carbonyl (C=O) groups excluding carboxylic acids is 1. The van der Waals surface area contributed by atoms with Crippen LogP contribution in [0.25, 0.3) is 0 Å². The second kappa shape index (κ2) is 6.41. The number of aromatic amines is 1. The van der Waals surface area contributed by atoms with Crippen LogP contribution in [0.1, 0.15) is 29.7 Å². The molecule has 2 atom stereocenters. The Morgan fingerprint density at radius 1 is 1.29 bits per heavy atom. The lowest BCUT2D eigenvalue weighted by Gasteiger charge is -2.31. The molecule has 1 aromatic carbocycles. The van der Waals surface area contributed by atoms with Crippen LogP contribution in [-0.2, 0) is 24.1 Å². The molecule has 1 aliphatic carbocycles. The Labute approximate surface area is 151 Å². The number of aryl methyl sites for hydroxylation is 1. The minimum Gasteiger partial charge on any atom is -0.339 e. The zero-order valence-corrected chi connectivity index (χ0v) is 14.8. The van der Waals surface area contributed by atoms with E-state index < -0.39 is 0 Å². The number of rotatable bonds is 3. The Morgan fingerprint density at radius 2 is 2.17 bits per heavy atom. The molecule has 2 aromatic rings. The minimum atomic E-state index is 0.0226. The summed E-state index contributed by atoms with van der Waals surface area (Å²) in [6, 6.07) is 5.81. The van der Waals surface area contributed by atoms with Crippen molar-refractivity contribution in [2.45, 2.75) is 38.1 Å². The number of hydrogen-bond acceptors (Lipinski definition) is 2. The van der Waals surface area contributed by atoms with Gasteiger partial charge in [0.25, 0.3) is 0 Å². The summed E-state index contributed by atoms with van der Waals surface area (Å²) < 4.78 is 0. The molecular weight excluding hydrogens is 345 g/mol. The van der Waals surface area contributed by atoms with Gasteiger partial charge in [0.15, 0.2) is 0 Å². The Hall–Kier alpha value is -1.52. The molecular formula is C18H19Cl2N3O. The SMILES string of the molecule is O=C1C(Cc2ccc(Cl)cc2Cl)CCN1C1CCc2n[nH]cc2C1. The van der Waals surface area contributed by atoms with Crippen molar-refractivity contribution in [2.24, 2.45) is 5.92 Å². The highest BCUT2D eigenvalue weighted by molar-refractivity contribution is 6.35. The summed E-state index contributed by atoms with van der Waals surface area (Å²) in [5, 5.41) is 8.48. The third-order valence-corrected chi connectivity index (χ3v) is 5.84. The van der Waals surface area contributed by atoms with Crippen LogP contribution in [0.5, 0.6) is 0 Å². The predicted octanol–water partition coefficient (Wildman–Crippen LogP) is 3.67. The molecule has 0 radical (unpaired) electrons. The summed E-state index contributed by atoms with van der Waals surface area (Å²) in [7, 11) is 0. The highest BCUT2D eigenvalue weighted by atomic mass is 35.5. The molecule has 2 aliphatic rings. The lowest BCUT2D eigenvalue weighted by Crippen LogP contribution is -2.41. The number of carbonyl (C=O) groups is 1. The standard InChI is InChI=1S/C18H19Cl2N3O/c19-14-2-1-11(16(20)9-14)7-12-5-6-23(18(12)24)15-3-4-17-13(8-15)10-21-22-17/h1-2,9-10,12,15H,3-8H2,(H,21,22). The first-order valence-corrected chi connectivity index (χ1v) is 9.13. The van der Waals surface area contributed by atoms with Gasteiger partial charge in [-0.25, -0.2) is 0 Å². The maximum Gasteiger partial charge on any atom is 0.226 e. The van der Waals surface area contributed by atoms with E-state index in [0.717, 1.165) is 43.5 Å². The van der Waals surface area contributed by atoms with Gasteiger partial charge in [0.05, 0.1) is 5.69 Å². The van der Waals surface area contributed by atoms with Crippen LogP contribution in [0.4, 0.5) is 0 Å². The maximum atomic E-state index is 12.9. The van der Waals surface area contributed by atoms with Crippen LogP contribution in [0.3, 0.4) is 0 Å². The predicted molar refractivity (Wildman–Crippen MR) is 94.4 cm³/mol. The van der Waals surface area contributed by atoms with Gasteiger partial charge in [-0.3, -0.25) is 9.89 Å². The first-order chi connectivity index (χ1) is 11.6. The van der Waals surface area contributed by atoms with Crippen LogP contribution in [0, 0.1) is 5.92 Å². The van der Waals surface area contributed by atoms with Gasteiger partial charge in [-0.1, -0.05) is 29.3 Å². The maximum absolute atomic E-state index is 12.9.